The van der Waals surface area contributed by atoms with E-state index in [-0.39, 0.29) is 275 Å². The summed E-state index contributed by atoms with van der Waals surface area (Å²) in [4.78, 5) is 167. The molecule has 6 rings (SSSR count). The number of fused-ring (bicyclic) bond motifs is 3. The van der Waals surface area contributed by atoms with E-state index in [2.05, 4.69) is 106 Å². The molecule has 3 amide bonds. The SMILES string of the molecule is C#CCCc1cc2c(=O)[nH]c(N)nc2[nH]1.S.S.S.[CH-]=C(Br)CC(F)[CH-]C(=O)N[C@@H](CCC(=O)OCC)C(=O)OCC.[CH-]=C(C#CCCc1cc2c(=O)[nH]c(N)nc2[nH]1)CC(F)[CH-]C(=O)N[C@@H](CCC(=O)OCC)C(=O)OCC.[CH2-]C(Cc1cc2c(=O)[nH]c(N)nc2[nH]1)CC(F)[CH-]C(=O)N[C@@H](CCOC=O)C(=O)O.[Y].[Y].[Y]. The van der Waals surface area contributed by atoms with Crippen LogP contribution in [0.15, 0.2) is 42.6 Å². The molecule has 6 heterocycles. The van der Waals surface area contributed by atoms with E-state index in [0.717, 1.165) is 30.7 Å². The summed E-state index contributed by atoms with van der Waals surface area (Å²) in [5, 5.41) is 17.1. The number of hydrogen-bond acceptors (Lipinski definition) is 23. The number of aryl methyl sites for hydroxylation is 2. The van der Waals surface area contributed by atoms with Gasteiger partial charge in [-0.1, -0.05) is 28.8 Å². The fourth-order valence-electron chi connectivity index (χ4n) is 9.20. The average molecular weight is 1900 g/mol. The smallest absolute Gasteiger partial charge is 0.328 e. The third kappa shape index (κ3) is 43.5. The summed E-state index contributed by atoms with van der Waals surface area (Å²) < 4.78 is 65.9. The van der Waals surface area contributed by atoms with Crippen molar-refractivity contribution in [1.29, 1.82) is 0 Å². The molecule has 3 radical (unpaired) electrons. The number of allylic oxidation sites excluding steroid dienone is 2. The van der Waals surface area contributed by atoms with Crippen molar-refractivity contribution >= 4 is 161 Å². The molecule has 0 aliphatic carbocycles. The molecular formula is C68H89BrF3N15O18S3Y3-6. The van der Waals surface area contributed by atoms with Gasteiger partial charge in [-0.05, 0) is 97.0 Å². The van der Waals surface area contributed by atoms with Gasteiger partial charge in [-0.2, -0.15) is 71.4 Å². The molecule has 43 heteroatoms. The number of halogens is 4. The number of rotatable bonds is 38. The van der Waals surface area contributed by atoms with Crippen molar-refractivity contribution in [2.45, 2.75) is 148 Å². The minimum atomic E-state index is -1.75. The largest absolute Gasteiger partial charge is 0.503 e. The van der Waals surface area contributed by atoms with Crippen LogP contribution in [0.3, 0.4) is 0 Å². The van der Waals surface area contributed by atoms with Gasteiger partial charge in [0.25, 0.3) is 23.2 Å². The van der Waals surface area contributed by atoms with Gasteiger partial charge in [0.1, 0.15) is 35.1 Å². The standard InChI is InChI=1S/C25H30FN5O6.C18H22FN5O6.C15H21BrFNO5.C10H10N4O.3H2S.3Y/c1-4-36-21(33)11-10-19(24(35)37-5-2)29-20(32)13-16(26)12-15(3)8-6-7-9-17-14-18-22(28-17)30-25(27)31-23(18)34;1-9(5-11-7-12-15(21-11)23-18(20)24-16(12)27)4-10(19)6-14(26)22-13(17(28)29)2-3-30-8-25;1-4-22-14(20)7-6-12(15(21)23-5-2)18-13(19)9-11(17)8-10(3)16;1-2-3-4-6-5-7-8(12-6)13-10(11)14-9(7)15;;;;;;/h3,13-14,16,19H,4-5,7,9-12H2,1-2H3,(H,29,32)(H4,27,28,30,31,34);6-10,13H,1-5H2,(H,22,26)(H,28,29)(H4,20,21,23,24,27);3,9,11-12H,4-8H2,1-2H3,(H,18,19);1,5H,3-4H2,(H4,11,12,13,14,15);3*1H2;;;/q3*-2;;;;;;;/t16?,19-;9?,10?,13-;11?,12-;;;;;;;/m000......./s1. The summed E-state index contributed by atoms with van der Waals surface area (Å²) in [6.45, 7) is 22.0. The Bertz CT molecular complexity index is 4290. The van der Waals surface area contributed by atoms with Crippen molar-refractivity contribution in [3.8, 4) is 24.2 Å². The molecule has 33 nitrogen and oxygen atoms in total. The van der Waals surface area contributed by atoms with Crippen molar-refractivity contribution < 1.29 is 183 Å². The number of ether oxygens (including phenoxy) is 5. The van der Waals surface area contributed by atoms with Crippen molar-refractivity contribution in [2.24, 2.45) is 5.92 Å². The maximum atomic E-state index is 14.4. The third-order valence-corrected chi connectivity index (χ3v) is 14.1. The third-order valence-electron chi connectivity index (χ3n) is 13.8. The van der Waals surface area contributed by atoms with Crippen LogP contribution in [0.1, 0.15) is 109 Å². The number of amides is 3. The number of carboxylic acids is 1. The zero-order chi connectivity index (χ0) is 78.3. The Balaban J connectivity index is -0.000000702. The van der Waals surface area contributed by atoms with Gasteiger partial charge in [0.15, 0.2) is 0 Å². The molecule has 0 aliphatic heterocycles. The topological polar surface area (TPSA) is 519 Å². The number of carboxylic acid groups (broad SMARTS) is 1. The van der Waals surface area contributed by atoms with Gasteiger partial charge >= 0.3 is 29.8 Å². The van der Waals surface area contributed by atoms with Crippen LogP contribution in [0.5, 0.6) is 0 Å². The number of carbonyl (C=O) groups excluding carboxylic acids is 8. The predicted octanol–water partition coefficient (Wildman–Crippen LogP) is 4.10. The molecule has 6 aromatic rings. The van der Waals surface area contributed by atoms with Gasteiger partial charge < -0.3 is 111 Å². The van der Waals surface area contributed by atoms with Crippen LogP contribution in [0.25, 0.3) is 33.1 Å². The molecule has 0 saturated carbocycles. The molecule has 6 aromatic heterocycles. The molecule has 0 saturated heterocycles. The minimum absolute atomic E-state index is 0. The molecule has 0 bridgehead atoms. The number of hydrogen-bond donors (Lipinski definition) is 13. The minimum Gasteiger partial charge on any atom is -0.503 e. The first-order chi connectivity index (χ1) is 49.8. The Morgan fingerprint density at radius 2 is 0.991 bits per heavy atom. The van der Waals surface area contributed by atoms with Crippen LogP contribution in [0.2, 0.25) is 0 Å². The first-order valence-corrected chi connectivity index (χ1v) is 33.2. The molecule has 0 aliphatic rings. The Hall–Kier alpha value is -7.27. The molecule has 4 unspecified atom stereocenters. The fourth-order valence-corrected chi connectivity index (χ4v) is 9.51. The van der Waals surface area contributed by atoms with Gasteiger partial charge in [0.2, 0.25) is 17.8 Å². The monoisotopic (exact) mass is 1900 g/mol. The molecule has 605 valence electrons. The van der Waals surface area contributed by atoms with Crippen molar-refractivity contribution in [3.05, 3.63) is 116 Å². The zero-order valence-corrected chi connectivity index (χ0v) is 74.1. The van der Waals surface area contributed by atoms with E-state index >= 15 is 0 Å². The molecular weight excluding hydrogens is 1810 g/mol. The van der Waals surface area contributed by atoms with Crippen molar-refractivity contribution in [3.63, 3.8) is 0 Å². The van der Waals surface area contributed by atoms with Crippen LogP contribution in [-0.4, -0.2) is 174 Å². The second-order valence-electron chi connectivity index (χ2n) is 22.2. The normalized spacial score (nSPS) is 11.8. The average Bonchev–Trinajstić information content (AvgIpc) is 1.69. The zero-order valence-electron chi connectivity index (χ0n) is 61.0. The summed E-state index contributed by atoms with van der Waals surface area (Å²) >= 11 is 2.89. The van der Waals surface area contributed by atoms with E-state index in [1.807, 2.05) is 0 Å². The molecule has 7 atom stereocenters. The Morgan fingerprint density at radius 1 is 0.613 bits per heavy atom. The summed E-state index contributed by atoms with van der Waals surface area (Å²) in [6, 6.07) is 1.46. The number of aromatic nitrogens is 9. The van der Waals surface area contributed by atoms with E-state index in [1.54, 1.807) is 45.9 Å². The maximum Gasteiger partial charge on any atom is 0.328 e. The molecule has 0 spiro atoms. The van der Waals surface area contributed by atoms with E-state index in [0.29, 0.717) is 64.5 Å². The molecule has 111 heavy (non-hydrogen) atoms. The van der Waals surface area contributed by atoms with Crippen molar-refractivity contribution in [2.75, 3.05) is 50.2 Å². The number of aliphatic carboxylic acids is 1. The Morgan fingerprint density at radius 3 is 1.38 bits per heavy atom. The van der Waals surface area contributed by atoms with Gasteiger partial charge in [-0.25, -0.2) is 20.3 Å². The summed E-state index contributed by atoms with van der Waals surface area (Å²) in [5.41, 5.74) is 18.9. The first-order valence-electron chi connectivity index (χ1n) is 32.4. The maximum absolute atomic E-state index is 14.4. The molecule has 16 N–H and O–H groups in total. The van der Waals surface area contributed by atoms with Gasteiger partial charge in [0, 0.05) is 153 Å². The number of nitrogens with one attached hydrogen (secondary N) is 9. The summed E-state index contributed by atoms with van der Waals surface area (Å²) in [5.74, 6) is 1.30. The summed E-state index contributed by atoms with van der Waals surface area (Å²) in [7, 11) is 0. The fraction of sp³-hybridized carbons (Fsp3) is 0.426. The van der Waals surface area contributed by atoms with Crippen LogP contribution < -0.4 is 49.8 Å². The van der Waals surface area contributed by atoms with E-state index in [4.69, 9.17) is 60.8 Å². The number of nitrogens with two attached hydrogens (primary N) is 3. The number of aromatic amines is 6. The molecule has 0 aromatic carbocycles. The van der Waals surface area contributed by atoms with E-state index in [9.17, 15) is 70.7 Å². The Labute approximate surface area is 741 Å². The number of H-pyrrole nitrogens is 6. The molecule has 0 fully saturated rings. The number of nitrogen functional groups attached to an aromatic ring is 3. The number of alkyl halides is 3. The van der Waals surface area contributed by atoms with Gasteiger partial charge in [-0.15, -0.1) is 12.3 Å². The van der Waals surface area contributed by atoms with E-state index in [1.165, 1.54) is 0 Å². The number of carbonyl (C=O) groups is 9. The number of anilines is 3. The van der Waals surface area contributed by atoms with Crippen LogP contribution in [0, 0.1) is 69.4 Å². The summed E-state index contributed by atoms with van der Waals surface area (Å²) in [6.07, 6.45) is 3.83. The van der Waals surface area contributed by atoms with Gasteiger partial charge in [0.05, 0.1) is 66.9 Å². The van der Waals surface area contributed by atoms with E-state index < -0.39 is 95.7 Å². The predicted molar refractivity (Wildman–Crippen MR) is 411 cm³/mol. The van der Waals surface area contributed by atoms with Gasteiger partial charge in [-0.3, -0.25) is 82.7 Å². The number of nitrogens with zero attached hydrogens (tertiary/aromatic N) is 3. The Kier molecular flexibility index (Phi) is 58.9. The van der Waals surface area contributed by atoms with Crippen LogP contribution >= 0.6 is 56.4 Å². The van der Waals surface area contributed by atoms with Crippen molar-refractivity contribution in [1.82, 2.24) is 60.8 Å². The number of esters is 4. The number of terminal acetylenes is 1. The second-order valence-corrected chi connectivity index (χ2v) is 23.3. The second kappa shape index (κ2) is 59.4. The first kappa shape index (κ1) is 110. The van der Waals surface area contributed by atoms with Crippen LogP contribution in [0.4, 0.5) is 31.0 Å². The quantitative estimate of drug-likeness (QED) is 0.00648. The van der Waals surface area contributed by atoms with Crippen LogP contribution in [-0.2, 0) is 184 Å².